The van der Waals surface area contributed by atoms with Crippen LogP contribution in [0.15, 0.2) is 94.3 Å². The van der Waals surface area contributed by atoms with Crippen molar-refractivity contribution in [3.63, 3.8) is 0 Å². The van der Waals surface area contributed by atoms with Crippen molar-refractivity contribution in [2.45, 2.75) is 4.90 Å². The summed E-state index contributed by atoms with van der Waals surface area (Å²) in [6, 6.07) is 24.5. The van der Waals surface area contributed by atoms with Crippen molar-refractivity contribution in [2.75, 3.05) is 16.4 Å². The van der Waals surface area contributed by atoms with Gasteiger partial charge < -0.3 is 10.6 Å². The fraction of sp³-hybridized carbons (Fsp3) is 0.0435. The quantitative estimate of drug-likeness (QED) is 0.340. The molecule has 0 fully saturated rings. The SMILES string of the molecule is O=C(/C=C/c1ccccc1)Nc1cccc(SCC(=O)Nc2ccc(Br)cc2)c1. The standard InChI is InChI=1S/C23H19BrN2O2S/c24-18-10-12-19(13-11-18)25-23(28)16-29-21-8-4-7-20(15-21)26-22(27)14-9-17-5-2-1-3-6-17/h1-15H,16H2,(H,25,28)(H,26,27)/b14-9+. The van der Waals surface area contributed by atoms with Gasteiger partial charge in [0.05, 0.1) is 5.75 Å². The van der Waals surface area contributed by atoms with Crippen LogP contribution in [0.4, 0.5) is 11.4 Å². The van der Waals surface area contributed by atoms with Crippen LogP contribution in [0.25, 0.3) is 6.08 Å². The number of hydrogen-bond acceptors (Lipinski definition) is 3. The topological polar surface area (TPSA) is 58.2 Å². The van der Waals surface area contributed by atoms with E-state index in [9.17, 15) is 9.59 Å². The van der Waals surface area contributed by atoms with Crippen molar-refractivity contribution in [1.82, 2.24) is 0 Å². The first-order valence-electron chi connectivity index (χ1n) is 8.91. The molecule has 3 aromatic carbocycles. The number of carbonyl (C=O) groups is 2. The van der Waals surface area contributed by atoms with Crippen molar-refractivity contribution in [1.29, 1.82) is 0 Å². The van der Waals surface area contributed by atoms with Gasteiger partial charge >= 0.3 is 0 Å². The first-order valence-corrected chi connectivity index (χ1v) is 10.7. The lowest BCUT2D eigenvalue weighted by atomic mass is 10.2. The van der Waals surface area contributed by atoms with E-state index < -0.39 is 0 Å². The molecule has 0 aliphatic heterocycles. The highest BCUT2D eigenvalue weighted by molar-refractivity contribution is 9.10. The zero-order valence-electron chi connectivity index (χ0n) is 15.5. The summed E-state index contributed by atoms with van der Waals surface area (Å²) in [6.45, 7) is 0. The monoisotopic (exact) mass is 466 g/mol. The van der Waals surface area contributed by atoms with Gasteiger partial charge in [-0.15, -0.1) is 11.8 Å². The number of rotatable bonds is 7. The minimum Gasteiger partial charge on any atom is -0.325 e. The van der Waals surface area contributed by atoms with Crippen molar-refractivity contribution < 1.29 is 9.59 Å². The molecule has 0 aliphatic rings. The number of amides is 2. The van der Waals surface area contributed by atoms with Gasteiger partial charge in [0.1, 0.15) is 0 Å². The third-order valence-electron chi connectivity index (χ3n) is 3.83. The minimum absolute atomic E-state index is 0.0856. The molecule has 29 heavy (non-hydrogen) atoms. The van der Waals surface area contributed by atoms with Gasteiger partial charge in [-0.05, 0) is 54.1 Å². The summed E-state index contributed by atoms with van der Waals surface area (Å²) in [4.78, 5) is 25.2. The lowest BCUT2D eigenvalue weighted by Crippen LogP contribution is -2.13. The maximum atomic E-state index is 12.1. The van der Waals surface area contributed by atoms with Crippen LogP contribution in [0.3, 0.4) is 0 Å². The highest BCUT2D eigenvalue weighted by atomic mass is 79.9. The second-order valence-corrected chi connectivity index (χ2v) is 8.07. The molecule has 0 spiro atoms. The molecule has 0 aliphatic carbocycles. The van der Waals surface area contributed by atoms with Crippen molar-refractivity contribution in [3.8, 4) is 0 Å². The molecule has 0 atom stereocenters. The van der Waals surface area contributed by atoms with E-state index >= 15 is 0 Å². The molecule has 6 heteroatoms. The van der Waals surface area contributed by atoms with E-state index in [1.165, 1.54) is 17.8 Å². The first-order chi connectivity index (χ1) is 14.1. The smallest absolute Gasteiger partial charge is 0.248 e. The summed E-state index contributed by atoms with van der Waals surface area (Å²) < 4.78 is 0.961. The Bertz CT molecular complexity index is 1000. The molecule has 0 saturated heterocycles. The Morgan fingerprint density at radius 1 is 0.862 bits per heavy atom. The zero-order chi connectivity index (χ0) is 20.5. The van der Waals surface area contributed by atoms with E-state index in [1.54, 1.807) is 6.08 Å². The fourth-order valence-electron chi connectivity index (χ4n) is 2.46. The Balaban J connectivity index is 1.51. The van der Waals surface area contributed by atoms with Crippen LogP contribution >= 0.6 is 27.7 Å². The summed E-state index contributed by atoms with van der Waals surface area (Å²) in [5.41, 5.74) is 2.40. The average molecular weight is 467 g/mol. The van der Waals surface area contributed by atoms with Crippen molar-refractivity contribution in [2.24, 2.45) is 0 Å². The summed E-state index contributed by atoms with van der Waals surface area (Å²) in [5, 5.41) is 5.70. The van der Waals surface area contributed by atoms with Crippen LogP contribution in [0.1, 0.15) is 5.56 Å². The van der Waals surface area contributed by atoms with E-state index in [0.717, 1.165) is 20.6 Å². The van der Waals surface area contributed by atoms with Crippen LogP contribution < -0.4 is 10.6 Å². The van der Waals surface area contributed by atoms with E-state index in [1.807, 2.05) is 78.9 Å². The molecule has 4 nitrogen and oxygen atoms in total. The number of halogens is 1. The van der Waals surface area contributed by atoms with Gasteiger partial charge in [-0.2, -0.15) is 0 Å². The molecule has 2 amide bonds. The molecular weight excluding hydrogens is 448 g/mol. The molecular formula is C23H19BrN2O2S. The largest absolute Gasteiger partial charge is 0.325 e. The molecule has 146 valence electrons. The molecule has 0 aromatic heterocycles. The van der Waals surface area contributed by atoms with E-state index in [-0.39, 0.29) is 17.6 Å². The number of nitrogens with one attached hydrogen (secondary N) is 2. The molecule has 0 unspecified atom stereocenters. The Kier molecular flexibility index (Phi) is 7.67. The zero-order valence-corrected chi connectivity index (χ0v) is 17.9. The minimum atomic E-state index is -0.205. The second-order valence-electron chi connectivity index (χ2n) is 6.10. The number of hydrogen-bond donors (Lipinski definition) is 2. The highest BCUT2D eigenvalue weighted by Crippen LogP contribution is 2.22. The van der Waals surface area contributed by atoms with Crippen LogP contribution in [-0.2, 0) is 9.59 Å². The van der Waals surface area contributed by atoms with Gasteiger partial charge in [-0.25, -0.2) is 0 Å². The third-order valence-corrected chi connectivity index (χ3v) is 5.35. The summed E-state index contributed by atoms with van der Waals surface area (Å²) in [5.74, 6) is -0.0111. The van der Waals surface area contributed by atoms with Gasteiger partial charge in [0, 0.05) is 26.8 Å². The number of anilines is 2. The van der Waals surface area contributed by atoms with Gasteiger partial charge in [0.15, 0.2) is 0 Å². The normalized spacial score (nSPS) is 10.7. The van der Waals surface area contributed by atoms with Gasteiger partial charge in [-0.1, -0.05) is 52.3 Å². The Hall–Kier alpha value is -2.83. The summed E-state index contributed by atoms with van der Waals surface area (Å²) in [6.07, 6.45) is 3.27. The molecule has 3 rings (SSSR count). The average Bonchev–Trinajstić information content (AvgIpc) is 2.73. The predicted octanol–water partition coefficient (Wildman–Crippen LogP) is 5.83. The fourth-order valence-corrected chi connectivity index (χ4v) is 3.48. The summed E-state index contributed by atoms with van der Waals surface area (Å²) >= 11 is 4.78. The molecule has 0 saturated carbocycles. The molecule has 0 bridgehead atoms. The lowest BCUT2D eigenvalue weighted by molar-refractivity contribution is -0.114. The predicted molar refractivity (Wildman–Crippen MR) is 124 cm³/mol. The maximum Gasteiger partial charge on any atom is 0.248 e. The number of carbonyl (C=O) groups excluding carboxylic acids is 2. The molecule has 0 radical (unpaired) electrons. The van der Waals surface area contributed by atoms with Gasteiger partial charge in [0.2, 0.25) is 11.8 Å². The van der Waals surface area contributed by atoms with Gasteiger partial charge in [-0.3, -0.25) is 9.59 Å². The Morgan fingerprint density at radius 3 is 2.38 bits per heavy atom. The number of thioether (sulfide) groups is 1. The highest BCUT2D eigenvalue weighted by Gasteiger charge is 2.05. The number of benzene rings is 3. The summed E-state index contributed by atoms with van der Waals surface area (Å²) in [7, 11) is 0. The van der Waals surface area contributed by atoms with Gasteiger partial charge in [0.25, 0.3) is 0 Å². The van der Waals surface area contributed by atoms with E-state index in [2.05, 4.69) is 26.6 Å². The Morgan fingerprint density at radius 2 is 1.62 bits per heavy atom. The van der Waals surface area contributed by atoms with Crippen LogP contribution in [0.5, 0.6) is 0 Å². The third kappa shape index (κ3) is 7.25. The Labute approximate surface area is 182 Å². The molecule has 3 aromatic rings. The second kappa shape index (κ2) is 10.6. The maximum absolute atomic E-state index is 12.1. The van der Waals surface area contributed by atoms with Crippen LogP contribution in [-0.4, -0.2) is 17.6 Å². The lowest BCUT2D eigenvalue weighted by Gasteiger charge is -2.07. The van der Waals surface area contributed by atoms with Crippen molar-refractivity contribution in [3.05, 3.63) is 95.0 Å². The van der Waals surface area contributed by atoms with E-state index in [0.29, 0.717) is 5.69 Å². The van der Waals surface area contributed by atoms with E-state index in [4.69, 9.17) is 0 Å². The van der Waals surface area contributed by atoms with Crippen LogP contribution in [0.2, 0.25) is 0 Å². The van der Waals surface area contributed by atoms with Crippen molar-refractivity contribution >= 4 is 57.0 Å². The molecule has 0 heterocycles. The molecule has 2 N–H and O–H groups in total. The first kappa shape index (κ1) is 20.9. The van der Waals surface area contributed by atoms with Crippen LogP contribution in [0, 0.1) is 0 Å².